The van der Waals surface area contributed by atoms with Gasteiger partial charge in [-0.3, -0.25) is 4.79 Å². The lowest BCUT2D eigenvalue weighted by atomic mass is 9.92. The van der Waals surface area contributed by atoms with Gasteiger partial charge in [-0.25, -0.2) is 4.79 Å². The Bertz CT molecular complexity index is 306. The van der Waals surface area contributed by atoms with Gasteiger partial charge >= 0.3 is 5.97 Å². The summed E-state index contributed by atoms with van der Waals surface area (Å²) in [5, 5.41) is 9.36. The van der Waals surface area contributed by atoms with Gasteiger partial charge in [-0.1, -0.05) is 13.8 Å². The summed E-state index contributed by atoms with van der Waals surface area (Å²) in [7, 11) is 0. The zero-order chi connectivity index (χ0) is 13.1. The van der Waals surface area contributed by atoms with E-state index in [4.69, 9.17) is 5.73 Å². The van der Waals surface area contributed by atoms with E-state index in [-0.39, 0.29) is 11.8 Å². The maximum Gasteiger partial charge on any atom is 0.329 e. The number of nitrogens with zero attached hydrogens (tertiary/aromatic N) is 1. The van der Waals surface area contributed by atoms with E-state index in [2.05, 4.69) is 0 Å². The minimum Gasteiger partial charge on any atom is -0.479 e. The highest BCUT2D eigenvalue weighted by Gasteiger charge is 2.48. The van der Waals surface area contributed by atoms with E-state index in [1.807, 2.05) is 13.8 Å². The van der Waals surface area contributed by atoms with Crippen molar-refractivity contribution in [2.24, 2.45) is 11.7 Å². The summed E-state index contributed by atoms with van der Waals surface area (Å²) >= 11 is 0. The van der Waals surface area contributed by atoms with Gasteiger partial charge in [-0.05, 0) is 31.7 Å². The first-order valence-corrected chi connectivity index (χ1v) is 6.22. The lowest BCUT2D eigenvalue weighted by Crippen LogP contribution is -2.53. The topological polar surface area (TPSA) is 83.6 Å². The van der Waals surface area contributed by atoms with Gasteiger partial charge in [0.05, 0.1) is 0 Å². The van der Waals surface area contributed by atoms with Crippen LogP contribution in [0.5, 0.6) is 0 Å². The molecule has 0 bridgehead atoms. The van der Waals surface area contributed by atoms with Crippen LogP contribution in [0, 0.1) is 5.92 Å². The number of likely N-dealkylation sites (tertiary alicyclic amines) is 1. The Kier molecular flexibility index (Phi) is 4.51. The molecule has 5 nitrogen and oxygen atoms in total. The summed E-state index contributed by atoms with van der Waals surface area (Å²) < 4.78 is 0. The molecule has 0 radical (unpaired) electrons. The van der Waals surface area contributed by atoms with Crippen LogP contribution in [-0.2, 0) is 9.59 Å². The molecule has 0 spiro atoms. The van der Waals surface area contributed by atoms with Crippen molar-refractivity contribution in [1.82, 2.24) is 4.90 Å². The zero-order valence-corrected chi connectivity index (χ0v) is 10.6. The van der Waals surface area contributed by atoms with Crippen molar-refractivity contribution < 1.29 is 14.7 Å². The molecule has 5 heteroatoms. The van der Waals surface area contributed by atoms with Gasteiger partial charge in [0.1, 0.15) is 5.54 Å². The van der Waals surface area contributed by atoms with E-state index >= 15 is 0 Å². The Morgan fingerprint density at radius 1 is 1.53 bits per heavy atom. The first-order valence-electron chi connectivity index (χ1n) is 6.22. The summed E-state index contributed by atoms with van der Waals surface area (Å²) in [6.07, 6.45) is 2.13. The molecule has 17 heavy (non-hydrogen) atoms. The van der Waals surface area contributed by atoms with Crippen molar-refractivity contribution in [3.8, 4) is 0 Å². The Morgan fingerprint density at radius 2 is 2.18 bits per heavy atom. The van der Waals surface area contributed by atoms with Gasteiger partial charge in [0.2, 0.25) is 5.91 Å². The summed E-state index contributed by atoms with van der Waals surface area (Å²) in [5.41, 5.74) is 4.51. The largest absolute Gasteiger partial charge is 0.479 e. The van der Waals surface area contributed by atoms with Crippen molar-refractivity contribution in [2.75, 3.05) is 13.1 Å². The van der Waals surface area contributed by atoms with E-state index in [1.165, 1.54) is 0 Å². The molecule has 1 rings (SSSR count). The average molecular weight is 242 g/mol. The first kappa shape index (κ1) is 14.0. The Balaban J connectivity index is 2.81. The highest BCUT2D eigenvalue weighted by Crippen LogP contribution is 2.33. The molecule has 1 amide bonds. The fourth-order valence-electron chi connectivity index (χ4n) is 2.47. The standard InChI is InChI=1S/C12H22N2O3/c1-3-12(11(16)17)5-4-6-14(12)10(15)7-9(2)8-13/h9H,3-8,13H2,1-2H3,(H,16,17). The highest BCUT2D eigenvalue weighted by atomic mass is 16.4. The van der Waals surface area contributed by atoms with Crippen molar-refractivity contribution in [2.45, 2.75) is 45.1 Å². The second-order valence-corrected chi connectivity index (χ2v) is 4.88. The molecular formula is C12H22N2O3. The second-order valence-electron chi connectivity index (χ2n) is 4.88. The third-order valence-corrected chi connectivity index (χ3v) is 3.70. The molecule has 0 aromatic carbocycles. The minimum absolute atomic E-state index is 0.0790. The number of hydrogen-bond donors (Lipinski definition) is 2. The van der Waals surface area contributed by atoms with Crippen LogP contribution in [0.1, 0.15) is 39.5 Å². The van der Waals surface area contributed by atoms with Crippen LogP contribution in [0.15, 0.2) is 0 Å². The average Bonchev–Trinajstić information content (AvgIpc) is 2.73. The van der Waals surface area contributed by atoms with E-state index in [0.717, 1.165) is 6.42 Å². The van der Waals surface area contributed by atoms with Gasteiger partial charge in [-0.15, -0.1) is 0 Å². The minimum atomic E-state index is -0.981. The number of aliphatic carboxylic acids is 1. The van der Waals surface area contributed by atoms with E-state index in [9.17, 15) is 14.7 Å². The molecule has 0 aliphatic carbocycles. The predicted octanol–water partition coefficient (Wildman–Crippen LogP) is 0.827. The second kappa shape index (κ2) is 5.49. The van der Waals surface area contributed by atoms with Gasteiger partial charge in [-0.2, -0.15) is 0 Å². The number of carboxylic acids is 1. The third-order valence-electron chi connectivity index (χ3n) is 3.70. The molecule has 1 aliphatic heterocycles. The number of hydrogen-bond acceptors (Lipinski definition) is 3. The smallest absolute Gasteiger partial charge is 0.329 e. The van der Waals surface area contributed by atoms with Crippen LogP contribution in [0.3, 0.4) is 0 Å². The number of carbonyl (C=O) groups is 2. The molecular weight excluding hydrogens is 220 g/mol. The van der Waals surface area contributed by atoms with Crippen molar-refractivity contribution in [3.05, 3.63) is 0 Å². The van der Waals surface area contributed by atoms with Crippen LogP contribution in [-0.4, -0.2) is 40.5 Å². The summed E-state index contributed by atoms with van der Waals surface area (Å²) in [5.74, 6) is -0.859. The molecule has 3 N–H and O–H groups in total. The number of nitrogens with two attached hydrogens (primary N) is 1. The molecule has 1 aliphatic rings. The summed E-state index contributed by atoms with van der Waals surface area (Å²) in [6.45, 7) is 4.73. The van der Waals surface area contributed by atoms with Crippen LogP contribution in [0.2, 0.25) is 0 Å². The van der Waals surface area contributed by atoms with Gasteiger partial charge in [0.15, 0.2) is 0 Å². The van der Waals surface area contributed by atoms with Crippen molar-refractivity contribution in [3.63, 3.8) is 0 Å². The van der Waals surface area contributed by atoms with Gasteiger partial charge < -0.3 is 15.7 Å². The number of rotatable bonds is 5. The quantitative estimate of drug-likeness (QED) is 0.748. The Morgan fingerprint density at radius 3 is 2.65 bits per heavy atom. The number of carbonyl (C=O) groups excluding carboxylic acids is 1. The lowest BCUT2D eigenvalue weighted by Gasteiger charge is -2.34. The normalized spacial score (nSPS) is 25.9. The van der Waals surface area contributed by atoms with Gasteiger partial charge in [0, 0.05) is 13.0 Å². The predicted molar refractivity (Wildman–Crippen MR) is 64.4 cm³/mol. The highest BCUT2D eigenvalue weighted by molar-refractivity contribution is 5.87. The third kappa shape index (κ3) is 2.60. The van der Waals surface area contributed by atoms with E-state index < -0.39 is 11.5 Å². The number of amides is 1. The Hall–Kier alpha value is -1.10. The monoisotopic (exact) mass is 242 g/mol. The molecule has 0 aromatic heterocycles. The maximum atomic E-state index is 12.1. The van der Waals surface area contributed by atoms with Crippen LogP contribution in [0.25, 0.3) is 0 Å². The molecule has 1 saturated heterocycles. The molecule has 1 fully saturated rings. The maximum absolute atomic E-state index is 12.1. The fraction of sp³-hybridized carbons (Fsp3) is 0.833. The first-order chi connectivity index (χ1) is 7.97. The Labute approximate surface area is 102 Å². The van der Waals surface area contributed by atoms with Crippen LogP contribution in [0.4, 0.5) is 0 Å². The number of carboxylic acid groups (broad SMARTS) is 1. The van der Waals surface area contributed by atoms with Crippen LogP contribution >= 0.6 is 0 Å². The lowest BCUT2D eigenvalue weighted by molar-refractivity contribution is -0.157. The molecule has 0 aromatic rings. The molecule has 1 heterocycles. The van der Waals surface area contributed by atoms with Crippen molar-refractivity contribution in [1.29, 1.82) is 0 Å². The molecule has 98 valence electrons. The van der Waals surface area contributed by atoms with Crippen molar-refractivity contribution >= 4 is 11.9 Å². The van der Waals surface area contributed by atoms with E-state index in [1.54, 1.807) is 4.90 Å². The molecule has 0 saturated carbocycles. The SMILES string of the molecule is CCC1(C(=O)O)CCCN1C(=O)CC(C)CN. The van der Waals surface area contributed by atoms with Crippen LogP contribution < -0.4 is 5.73 Å². The van der Waals surface area contributed by atoms with Gasteiger partial charge in [0.25, 0.3) is 0 Å². The molecule has 2 atom stereocenters. The summed E-state index contributed by atoms with van der Waals surface area (Å²) in [6, 6.07) is 0. The fourth-order valence-corrected chi connectivity index (χ4v) is 2.47. The summed E-state index contributed by atoms with van der Waals surface area (Å²) in [4.78, 5) is 25.0. The zero-order valence-electron chi connectivity index (χ0n) is 10.6. The molecule has 2 unspecified atom stereocenters. The van der Waals surface area contributed by atoms with E-state index in [0.29, 0.717) is 32.4 Å².